The van der Waals surface area contributed by atoms with Gasteiger partial charge < -0.3 is 4.98 Å². The van der Waals surface area contributed by atoms with Crippen molar-refractivity contribution in [3.63, 3.8) is 0 Å². The van der Waals surface area contributed by atoms with E-state index in [1.165, 1.54) is 12.1 Å². The van der Waals surface area contributed by atoms with Gasteiger partial charge >= 0.3 is 0 Å². The minimum absolute atomic E-state index is 0.288. The van der Waals surface area contributed by atoms with E-state index in [0.717, 1.165) is 5.39 Å². The zero-order valence-corrected chi connectivity index (χ0v) is 8.05. The molecule has 2 aromatic rings. The third-order valence-electron chi connectivity index (χ3n) is 1.77. The van der Waals surface area contributed by atoms with Crippen LogP contribution in [0.5, 0.6) is 0 Å². The quantitative estimate of drug-likeness (QED) is 0.521. The second kappa shape index (κ2) is 3.09. The van der Waals surface area contributed by atoms with Gasteiger partial charge in [-0.05, 0) is 29.7 Å². The molecule has 0 radical (unpaired) electrons. The summed E-state index contributed by atoms with van der Waals surface area (Å²) in [4.78, 5) is 2.79. The summed E-state index contributed by atoms with van der Waals surface area (Å²) in [5, 5.41) is 1.94. The molecule has 2 rings (SSSR count). The Kier molecular flexibility index (Phi) is 2.06. The molecule has 0 aliphatic rings. The van der Waals surface area contributed by atoms with Crippen LogP contribution in [-0.4, -0.2) is 4.98 Å². The molecule has 66 valence electrons. The fraction of sp³-hybridized carbons (Fsp3) is 0. The van der Waals surface area contributed by atoms with Crippen molar-refractivity contribution in [3.05, 3.63) is 39.9 Å². The fourth-order valence-electron chi connectivity index (χ4n) is 1.21. The molecule has 0 bridgehead atoms. The number of hydrogen-bond donors (Lipinski definition) is 1. The van der Waals surface area contributed by atoms with E-state index in [1.54, 1.807) is 12.1 Å². The molecule has 13 heavy (non-hydrogen) atoms. The van der Waals surface area contributed by atoms with Crippen molar-refractivity contribution in [2.75, 3.05) is 0 Å². The summed E-state index contributed by atoms with van der Waals surface area (Å²) < 4.78 is 13.3. The molecule has 4 heteroatoms. The predicted octanol–water partition coefficient (Wildman–Crippen LogP) is 3.69. The maximum atomic E-state index is 12.8. The van der Waals surface area contributed by atoms with Crippen LogP contribution in [0.15, 0.2) is 24.3 Å². The molecule has 1 aromatic carbocycles. The number of rotatable bonds is 0. The first-order valence-corrected chi connectivity index (χ1v) is 4.43. The zero-order chi connectivity index (χ0) is 9.42. The molecular weight excluding hydrogens is 209 g/mol. The molecule has 0 aliphatic carbocycles. The minimum Gasteiger partial charge on any atom is -0.337 e. The number of benzene rings is 1. The standard InChI is InChI=1S/C9H5ClFNS/c10-8-4-5-3-6(11)1-2-7(5)9(13)12-8/h1-4H,(H,12,13). The van der Waals surface area contributed by atoms with Crippen LogP contribution in [0.25, 0.3) is 10.8 Å². The number of halogens is 2. The van der Waals surface area contributed by atoms with Crippen LogP contribution in [0, 0.1) is 10.5 Å². The Morgan fingerprint density at radius 3 is 2.85 bits per heavy atom. The van der Waals surface area contributed by atoms with E-state index in [2.05, 4.69) is 4.98 Å². The highest BCUT2D eigenvalue weighted by Crippen LogP contribution is 2.19. The molecule has 1 aromatic heterocycles. The average molecular weight is 214 g/mol. The molecule has 0 fully saturated rings. The molecule has 0 atom stereocenters. The van der Waals surface area contributed by atoms with E-state index in [1.807, 2.05) is 0 Å². The van der Waals surface area contributed by atoms with Gasteiger partial charge in [0.05, 0.1) is 0 Å². The molecule has 1 nitrogen and oxygen atoms in total. The smallest absolute Gasteiger partial charge is 0.123 e. The second-order valence-electron chi connectivity index (χ2n) is 2.68. The molecule has 1 N–H and O–H groups in total. The van der Waals surface area contributed by atoms with Crippen molar-refractivity contribution in [1.29, 1.82) is 0 Å². The molecule has 0 saturated carbocycles. The number of H-pyrrole nitrogens is 1. The monoisotopic (exact) mass is 213 g/mol. The summed E-state index contributed by atoms with van der Waals surface area (Å²) in [5.41, 5.74) is 0. The van der Waals surface area contributed by atoms with Crippen molar-refractivity contribution >= 4 is 34.6 Å². The first-order valence-electron chi connectivity index (χ1n) is 3.65. The lowest BCUT2D eigenvalue weighted by Crippen LogP contribution is -1.81. The lowest BCUT2D eigenvalue weighted by atomic mass is 10.2. The largest absolute Gasteiger partial charge is 0.337 e. The van der Waals surface area contributed by atoms with Gasteiger partial charge in [-0.15, -0.1) is 0 Å². The maximum Gasteiger partial charge on any atom is 0.123 e. The predicted molar refractivity (Wildman–Crippen MR) is 54.1 cm³/mol. The van der Waals surface area contributed by atoms with Crippen LogP contribution in [0.1, 0.15) is 0 Å². The van der Waals surface area contributed by atoms with Gasteiger partial charge in [0.25, 0.3) is 0 Å². The van der Waals surface area contributed by atoms with Crippen molar-refractivity contribution < 1.29 is 4.39 Å². The van der Waals surface area contributed by atoms with Gasteiger partial charge in [-0.2, -0.15) is 0 Å². The summed E-state index contributed by atoms with van der Waals surface area (Å²) in [6.45, 7) is 0. The molecule has 0 aliphatic heterocycles. The minimum atomic E-state index is -0.288. The topological polar surface area (TPSA) is 15.8 Å². The van der Waals surface area contributed by atoms with Crippen LogP contribution < -0.4 is 0 Å². The van der Waals surface area contributed by atoms with Crippen molar-refractivity contribution in [1.82, 2.24) is 4.98 Å². The van der Waals surface area contributed by atoms with E-state index in [0.29, 0.717) is 15.2 Å². The van der Waals surface area contributed by atoms with Crippen LogP contribution in [0.2, 0.25) is 5.15 Å². The van der Waals surface area contributed by atoms with Crippen LogP contribution >= 0.6 is 23.8 Å². The highest BCUT2D eigenvalue weighted by molar-refractivity contribution is 7.71. The Labute approximate surface area is 84.2 Å². The first kappa shape index (κ1) is 8.66. The molecule has 1 heterocycles. The Morgan fingerprint density at radius 2 is 2.08 bits per heavy atom. The van der Waals surface area contributed by atoms with Crippen LogP contribution in [-0.2, 0) is 0 Å². The van der Waals surface area contributed by atoms with Gasteiger partial charge in [0.1, 0.15) is 15.6 Å². The van der Waals surface area contributed by atoms with Crippen molar-refractivity contribution in [2.45, 2.75) is 0 Å². The van der Waals surface area contributed by atoms with Gasteiger partial charge in [0.2, 0.25) is 0 Å². The SMILES string of the molecule is Fc1ccc2c(=S)[nH]c(Cl)cc2c1. The van der Waals surface area contributed by atoms with E-state index < -0.39 is 0 Å². The number of pyridine rings is 1. The van der Waals surface area contributed by atoms with E-state index in [-0.39, 0.29) is 5.82 Å². The Balaban J connectivity index is 2.95. The van der Waals surface area contributed by atoms with Crippen molar-refractivity contribution in [3.8, 4) is 0 Å². The second-order valence-corrected chi connectivity index (χ2v) is 3.49. The summed E-state index contributed by atoms with van der Waals surface area (Å²) in [6.07, 6.45) is 0. The molecule has 0 amide bonds. The number of aromatic amines is 1. The molecular formula is C9H5ClFNS. The van der Waals surface area contributed by atoms with Gasteiger partial charge in [-0.3, -0.25) is 0 Å². The van der Waals surface area contributed by atoms with Gasteiger partial charge in [0.15, 0.2) is 0 Å². The molecule has 0 spiro atoms. The Bertz CT molecular complexity index is 515. The van der Waals surface area contributed by atoms with Gasteiger partial charge in [-0.25, -0.2) is 4.39 Å². The van der Waals surface area contributed by atoms with Crippen LogP contribution in [0.3, 0.4) is 0 Å². The lowest BCUT2D eigenvalue weighted by molar-refractivity contribution is 0.629. The van der Waals surface area contributed by atoms with E-state index in [4.69, 9.17) is 23.8 Å². The number of nitrogens with one attached hydrogen (secondary N) is 1. The van der Waals surface area contributed by atoms with Gasteiger partial charge in [-0.1, -0.05) is 23.8 Å². The van der Waals surface area contributed by atoms with E-state index in [9.17, 15) is 4.39 Å². The third-order valence-corrected chi connectivity index (χ3v) is 2.30. The third kappa shape index (κ3) is 1.57. The van der Waals surface area contributed by atoms with E-state index >= 15 is 0 Å². The molecule has 0 unspecified atom stereocenters. The normalized spacial score (nSPS) is 10.6. The number of fused-ring (bicyclic) bond motifs is 1. The maximum absolute atomic E-state index is 12.8. The lowest BCUT2D eigenvalue weighted by Gasteiger charge is -1.98. The Morgan fingerprint density at radius 1 is 1.31 bits per heavy atom. The van der Waals surface area contributed by atoms with Crippen molar-refractivity contribution in [2.24, 2.45) is 0 Å². The fourth-order valence-corrected chi connectivity index (χ4v) is 1.77. The number of aromatic nitrogens is 1. The summed E-state index contributed by atoms with van der Waals surface area (Å²) >= 11 is 10.8. The average Bonchev–Trinajstić information content (AvgIpc) is 2.02. The summed E-state index contributed by atoms with van der Waals surface area (Å²) in [6, 6.07) is 6.07. The summed E-state index contributed by atoms with van der Waals surface area (Å²) in [5.74, 6) is -0.288. The Hall–Kier alpha value is -0.930. The first-order chi connectivity index (χ1) is 6.16. The molecule has 0 saturated heterocycles. The highest BCUT2D eigenvalue weighted by atomic mass is 35.5. The van der Waals surface area contributed by atoms with Gasteiger partial charge in [0, 0.05) is 5.39 Å². The zero-order valence-electron chi connectivity index (χ0n) is 6.47. The summed E-state index contributed by atoms with van der Waals surface area (Å²) in [7, 11) is 0. The number of hydrogen-bond acceptors (Lipinski definition) is 1. The highest BCUT2D eigenvalue weighted by Gasteiger charge is 1.98. The van der Waals surface area contributed by atoms with Crippen LogP contribution in [0.4, 0.5) is 4.39 Å².